The second kappa shape index (κ2) is 8.84. The molecular formula is C24H22N4O3. The average Bonchev–Trinajstić information content (AvgIpc) is 3.30. The van der Waals surface area contributed by atoms with Gasteiger partial charge >= 0.3 is 0 Å². The van der Waals surface area contributed by atoms with Crippen LogP contribution in [-0.2, 0) is 4.79 Å². The molecule has 1 saturated heterocycles. The van der Waals surface area contributed by atoms with Crippen LogP contribution in [0, 0.1) is 11.3 Å². The van der Waals surface area contributed by atoms with Crippen LogP contribution in [0.1, 0.15) is 23.2 Å². The monoisotopic (exact) mass is 414 g/mol. The number of likely N-dealkylation sites (tertiary alicyclic amines) is 1. The molecule has 0 aliphatic carbocycles. The Morgan fingerprint density at radius 2 is 2.00 bits per heavy atom. The third-order valence-corrected chi connectivity index (χ3v) is 5.47. The minimum atomic E-state index is -0.409. The number of amides is 2. The Labute approximate surface area is 180 Å². The zero-order chi connectivity index (χ0) is 21.8. The molecule has 7 nitrogen and oxygen atoms in total. The second-order valence-electron chi connectivity index (χ2n) is 7.36. The fourth-order valence-corrected chi connectivity index (χ4v) is 3.82. The number of rotatable bonds is 5. The van der Waals surface area contributed by atoms with Crippen molar-refractivity contribution in [2.75, 3.05) is 20.2 Å². The van der Waals surface area contributed by atoms with Crippen LogP contribution in [0.4, 0.5) is 0 Å². The predicted octanol–water partition coefficient (Wildman–Crippen LogP) is 3.15. The normalized spacial score (nSPS) is 15.5. The first-order valence-corrected chi connectivity index (χ1v) is 10.1. The van der Waals surface area contributed by atoms with E-state index in [2.05, 4.69) is 11.4 Å². The van der Waals surface area contributed by atoms with Crippen LogP contribution in [0.5, 0.6) is 5.75 Å². The highest BCUT2D eigenvalue weighted by molar-refractivity contribution is 6.08. The van der Waals surface area contributed by atoms with E-state index < -0.39 is 6.04 Å². The van der Waals surface area contributed by atoms with Gasteiger partial charge in [-0.25, -0.2) is 4.98 Å². The van der Waals surface area contributed by atoms with Gasteiger partial charge in [0.15, 0.2) is 0 Å². The van der Waals surface area contributed by atoms with E-state index in [1.54, 1.807) is 13.2 Å². The summed E-state index contributed by atoms with van der Waals surface area (Å²) in [5, 5.41) is 12.6. The maximum atomic E-state index is 13.0. The molecule has 2 amide bonds. The number of hydrogen-bond donors (Lipinski definition) is 1. The summed E-state index contributed by atoms with van der Waals surface area (Å²) in [6.07, 6.45) is 1.48. The molecule has 0 radical (unpaired) electrons. The number of carbonyl (C=O) groups is 2. The topological polar surface area (TPSA) is 95.3 Å². The summed E-state index contributed by atoms with van der Waals surface area (Å²) in [5.41, 5.74) is 2.64. The van der Waals surface area contributed by atoms with Crippen LogP contribution in [0.2, 0.25) is 0 Å². The Balaban J connectivity index is 1.60. The standard InChI is InChI=1S/C24H22N4O3/c1-31-18-10-8-16(9-11-18)22-13-20(19-6-2-3-7-21(19)27-22)24(30)26-15-23(29)28-12-4-5-17(28)14-25/h2-3,6-11,13,17H,4-5,12,15H2,1H3,(H,26,30)/t17-/m0/s1. The maximum Gasteiger partial charge on any atom is 0.252 e. The summed E-state index contributed by atoms with van der Waals surface area (Å²) in [4.78, 5) is 31.7. The lowest BCUT2D eigenvalue weighted by Crippen LogP contribution is -2.42. The third kappa shape index (κ3) is 4.19. The number of nitrogens with one attached hydrogen (secondary N) is 1. The number of hydrogen-bond acceptors (Lipinski definition) is 5. The number of methoxy groups -OCH3 is 1. The van der Waals surface area contributed by atoms with E-state index in [0.29, 0.717) is 35.1 Å². The fourth-order valence-electron chi connectivity index (χ4n) is 3.82. The van der Waals surface area contributed by atoms with Gasteiger partial charge in [0.05, 0.1) is 36.5 Å². The minimum absolute atomic E-state index is 0.147. The first kappa shape index (κ1) is 20.4. The van der Waals surface area contributed by atoms with Crippen LogP contribution in [0.15, 0.2) is 54.6 Å². The van der Waals surface area contributed by atoms with E-state index in [9.17, 15) is 14.9 Å². The number of benzene rings is 2. The van der Waals surface area contributed by atoms with Gasteiger partial charge in [0.25, 0.3) is 5.91 Å². The number of nitrogens with zero attached hydrogens (tertiary/aromatic N) is 3. The van der Waals surface area contributed by atoms with Crippen LogP contribution in [0.25, 0.3) is 22.2 Å². The van der Waals surface area contributed by atoms with Crippen LogP contribution < -0.4 is 10.1 Å². The van der Waals surface area contributed by atoms with E-state index in [0.717, 1.165) is 17.7 Å². The van der Waals surface area contributed by atoms with Crippen LogP contribution in [0.3, 0.4) is 0 Å². The fraction of sp³-hybridized carbons (Fsp3) is 0.250. The van der Waals surface area contributed by atoms with Gasteiger partial charge in [-0.1, -0.05) is 18.2 Å². The molecule has 2 aromatic carbocycles. The van der Waals surface area contributed by atoms with Crippen molar-refractivity contribution in [3.63, 3.8) is 0 Å². The molecule has 7 heteroatoms. The number of nitriles is 1. The molecule has 0 unspecified atom stereocenters. The first-order chi connectivity index (χ1) is 15.1. The van der Waals surface area contributed by atoms with Gasteiger partial charge in [0.2, 0.25) is 5.91 Å². The molecule has 31 heavy (non-hydrogen) atoms. The molecule has 2 heterocycles. The summed E-state index contributed by atoms with van der Waals surface area (Å²) >= 11 is 0. The average molecular weight is 414 g/mol. The Kier molecular flexibility index (Phi) is 5.80. The molecule has 1 aliphatic rings. The zero-order valence-electron chi connectivity index (χ0n) is 17.2. The second-order valence-corrected chi connectivity index (χ2v) is 7.36. The Bertz CT molecular complexity index is 1170. The molecular weight excluding hydrogens is 392 g/mol. The van der Waals surface area contributed by atoms with Crippen molar-refractivity contribution in [3.05, 3.63) is 60.2 Å². The molecule has 4 rings (SSSR count). The molecule has 0 spiro atoms. The smallest absolute Gasteiger partial charge is 0.252 e. The highest BCUT2D eigenvalue weighted by Gasteiger charge is 2.28. The summed E-state index contributed by atoms with van der Waals surface area (Å²) in [5.74, 6) is 0.138. The van der Waals surface area contributed by atoms with Crippen molar-refractivity contribution in [2.24, 2.45) is 0 Å². The van der Waals surface area contributed by atoms with Gasteiger partial charge in [0.1, 0.15) is 11.8 Å². The first-order valence-electron chi connectivity index (χ1n) is 10.1. The Morgan fingerprint density at radius 3 is 2.74 bits per heavy atom. The molecule has 0 saturated carbocycles. The summed E-state index contributed by atoms with van der Waals surface area (Å²) < 4.78 is 5.21. The maximum absolute atomic E-state index is 13.0. The Morgan fingerprint density at radius 1 is 1.23 bits per heavy atom. The van der Waals surface area contributed by atoms with Gasteiger partial charge < -0.3 is 15.0 Å². The molecule has 1 fully saturated rings. The lowest BCUT2D eigenvalue weighted by molar-refractivity contribution is -0.130. The quantitative estimate of drug-likeness (QED) is 0.692. The van der Waals surface area contributed by atoms with E-state index in [1.165, 1.54) is 4.90 Å². The number of carbonyl (C=O) groups excluding carboxylic acids is 2. The van der Waals surface area contributed by atoms with Gasteiger partial charge in [0, 0.05) is 17.5 Å². The van der Waals surface area contributed by atoms with Crippen LogP contribution in [-0.4, -0.2) is 47.9 Å². The summed E-state index contributed by atoms with van der Waals surface area (Å²) in [7, 11) is 1.61. The van der Waals surface area contributed by atoms with Gasteiger partial charge in [-0.2, -0.15) is 5.26 Å². The van der Waals surface area contributed by atoms with E-state index >= 15 is 0 Å². The van der Waals surface area contributed by atoms with Crippen molar-refractivity contribution in [1.82, 2.24) is 15.2 Å². The van der Waals surface area contributed by atoms with Crippen LogP contribution >= 0.6 is 0 Å². The lowest BCUT2D eigenvalue weighted by atomic mass is 10.0. The number of pyridine rings is 1. The van der Waals surface area contributed by atoms with E-state index in [1.807, 2.05) is 48.5 Å². The molecule has 1 aromatic heterocycles. The Hall–Kier alpha value is -3.92. The highest BCUT2D eigenvalue weighted by atomic mass is 16.5. The van der Waals surface area contributed by atoms with Crippen molar-refractivity contribution in [1.29, 1.82) is 5.26 Å². The van der Waals surface area contributed by atoms with Crippen molar-refractivity contribution < 1.29 is 14.3 Å². The van der Waals surface area contributed by atoms with Crippen molar-refractivity contribution in [3.8, 4) is 23.1 Å². The predicted molar refractivity (Wildman–Crippen MR) is 116 cm³/mol. The molecule has 1 atom stereocenters. The minimum Gasteiger partial charge on any atom is -0.497 e. The van der Waals surface area contributed by atoms with Gasteiger partial charge in [-0.05, 0) is 49.2 Å². The number of ether oxygens (including phenoxy) is 1. The molecule has 0 bridgehead atoms. The van der Waals surface area contributed by atoms with E-state index in [-0.39, 0.29) is 18.4 Å². The lowest BCUT2D eigenvalue weighted by Gasteiger charge is -2.19. The summed E-state index contributed by atoms with van der Waals surface area (Å²) in [6.45, 7) is 0.401. The molecule has 3 aromatic rings. The molecule has 1 N–H and O–H groups in total. The largest absolute Gasteiger partial charge is 0.497 e. The van der Waals surface area contributed by atoms with Gasteiger partial charge in [-0.15, -0.1) is 0 Å². The van der Waals surface area contributed by atoms with Gasteiger partial charge in [-0.3, -0.25) is 9.59 Å². The number of para-hydroxylation sites is 1. The van der Waals surface area contributed by atoms with E-state index in [4.69, 9.17) is 9.72 Å². The summed E-state index contributed by atoms with van der Waals surface area (Å²) in [6, 6.07) is 18.3. The van der Waals surface area contributed by atoms with Crippen molar-refractivity contribution >= 4 is 22.7 Å². The molecule has 156 valence electrons. The third-order valence-electron chi connectivity index (χ3n) is 5.47. The number of aromatic nitrogens is 1. The SMILES string of the molecule is COc1ccc(-c2cc(C(=O)NCC(=O)N3CCC[C@H]3C#N)c3ccccc3n2)cc1. The molecule has 1 aliphatic heterocycles. The number of fused-ring (bicyclic) bond motifs is 1. The van der Waals surface area contributed by atoms with Crippen molar-refractivity contribution in [2.45, 2.75) is 18.9 Å². The zero-order valence-corrected chi connectivity index (χ0v) is 17.2. The highest BCUT2D eigenvalue weighted by Crippen LogP contribution is 2.26.